The number of likely N-dealkylation sites (N-methyl/N-ethyl adjacent to an activating group) is 1. The van der Waals surface area contributed by atoms with Crippen molar-refractivity contribution in [1.82, 2.24) is 9.88 Å². The molecule has 1 aliphatic rings. The van der Waals surface area contributed by atoms with E-state index < -0.39 is 0 Å². The number of halogens is 2. The van der Waals surface area contributed by atoms with Crippen molar-refractivity contribution in [3.63, 3.8) is 0 Å². The fourth-order valence-corrected chi connectivity index (χ4v) is 3.47. The number of anilines is 1. The van der Waals surface area contributed by atoms with Gasteiger partial charge in [0.2, 0.25) is 0 Å². The monoisotopic (exact) mass is 409 g/mol. The summed E-state index contributed by atoms with van der Waals surface area (Å²) in [6.07, 6.45) is 3.65. The van der Waals surface area contributed by atoms with Gasteiger partial charge in [-0.3, -0.25) is 9.78 Å². The molecule has 0 aliphatic carbocycles. The van der Waals surface area contributed by atoms with Gasteiger partial charge in [-0.1, -0.05) is 28.9 Å². The summed E-state index contributed by atoms with van der Waals surface area (Å²) in [7, 11) is 2.10. The van der Waals surface area contributed by atoms with Gasteiger partial charge < -0.3 is 10.2 Å². The van der Waals surface area contributed by atoms with E-state index in [0.29, 0.717) is 5.56 Å². The van der Waals surface area contributed by atoms with Crippen LogP contribution in [0, 0.1) is 0 Å². The zero-order valence-corrected chi connectivity index (χ0v) is 16.2. The number of carbonyl (C=O) groups is 1. The van der Waals surface area contributed by atoms with Crippen LogP contribution in [0.2, 0.25) is 0 Å². The van der Waals surface area contributed by atoms with E-state index in [2.05, 4.69) is 45.1 Å². The third-order valence-electron chi connectivity index (χ3n) is 4.18. The molecule has 4 nitrogen and oxygen atoms in total. The quantitative estimate of drug-likeness (QED) is 0.829. The Morgan fingerprint density at radius 3 is 2.88 bits per heavy atom. The SMILES string of the molecule is CCc1ccc(C(=O)Nc2cnc3c(c2)CN(C)CC3)cc1Br.Cl. The van der Waals surface area contributed by atoms with Crippen LogP contribution >= 0.6 is 28.3 Å². The first-order valence-electron chi connectivity index (χ1n) is 7.83. The predicted molar refractivity (Wildman–Crippen MR) is 103 cm³/mol. The number of nitrogens with one attached hydrogen (secondary N) is 1. The van der Waals surface area contributed by atoms with Gasteiger partial charge in [0, 0.05) is 35.2 Å². The summed E-state index contributed by atoms with van der Waals surface area (Å²) in [6.45, 7) is 4.00. The average molecular weight is 411 g/mol. The Bertz CT molecular complexity index is 751. The Labute approximate surface area is 157 Å². The van der Waals surface area contributed by atoms with Crippen LogP contribution in [0.5, 0.6) is 0 Å². The van der Waals surface area contributed by atoms with Crippen LogP contribution < -0.4 is 5.32 Å². The summed E-state index contributed by atoms with van der Waals surface area (Å²) < 4.78 is 0.970. The molecule has 1 amide bonds. The Hall–Kier alpha value is -1.43. The van der Waals surface area contributed by atoms with E-state index in [-0.39, 0.29) is 18.3 Å². The van der Waals surface area contributed by atoms with Crippen LogP contribution in [0.4, 0.5) is 5.69 Å². The van der Waals surface area contributed by atoms with Gasteiger partial charge >= 0.3 is 0 Å². The van der Waals surface area contributed by atoms with Crippen LogP contribution in [0.1, 0.15) is 34.1 Å². The van der Waals surface area contributed by atoms with Gasteiger partial charge in [-0.05, 0) is 42.8 Å². The Kier molecular flexibility index (Phi) is 6.38. The lowest BCUT2D eigenvalue weighted by molar-refractivity contribution is 0.102. The molecule has 1 aromatic carbocycles. The number of hydrogen-bond acceptors (Lipinski definition) is 3. The molecule has 0 atom stereocenters. The predicted octanol–water partition coefficient (Wildman–Crippen LogP) is 4.07. The summed E-state index contributed by atoms with van der Waals surface area (Å²) in [6, 6.07) is 7.75. The van der Waals surface area contributed by atoms with E-state index in [1.165, 1.54) is 11.1 Å². The van der Waals surface area contributed by atoms with Crippen LogP contribution in [-0.2, 0) is 19.4 Å². The number of aryl methyl sites for hydroxylation is 1. The maximum Gasteiger partial charge on any atom is 0.255 e. The van der Waals surface area contributed by atoms with Gasteiger partial charge in [0.1, 0.15) is 0 Å². The molecular weight excluding hydrogens is 390 g/mol. The number of nitrogens with zero attached hydrogens (tertiary/aromatic N) is 2. The van der Waals surface area contributed by atoms with Gasteiger partial charge in [0.15, 0.2) is 0 Å². The number of pyridine rings is 1. The number of rotatable bonds is 3. The summed E-state index contributed by atoms with van der Waals surface area (Å²) in [5.74, 6) is -0.112. The minimum absolute atomic E-state index is 0. The molecule has 0 fully saturated rings. The third-order valence-corrected chi connectivity index (χ3v) is 4.92. The standard InChI is InChI=1S/C18H20BrN3O.ClH/c1-3-12-4-5-13(9-16(12)19)18(23)21-15-8-14-11-22(2)7-6-17(14)20-10-15;/h4-5,8-10H,3,6-7,11H2,1-2H3,(H,21,23);1H. The average Bonchev–Trinajstić information content (AvgIpc) is 2.54. The highest BCUT2D eigenvalue weighted by atomic mass is 79.9. The van der Waals surface area contributed by atoms with Gasteiger partial charge in [-0.15, -0.1) is 12.4 Å². The van der Waals surface area contributed by atoms with Gasteiger partial charge in [-0.2, -0.15) is 0 Å². The molecule has 128 valence electrons. The van der Waals surface area contributed by atoms with Gasteiger partial charge in [-0.25, -0.2) is 0 Å². The summed E-state index contributed by atoms with van der Waals surface area (Å²) in [4.78, 5) is 19.2. The minimum atomic E-state index is -0.112. The molecule has 0 radical (unpaired) electrons. The summed E-state index contributed by atoms with van der Waals surface area (Å²) in [5.41, 5.74) is 4.92. The van der Waals surface area contributed by atoms with E-state index in [4.69, 9.17) is 0 Å². The number of hydrogen-bond donors (Lipinski definition) is 1. The van der Waals surface area contributed by atoms with Crippen LogP contribution in [-0.4, -0.2) is 29.4 Å². The fraction of sp³-hybridized carbons (Fsp3) is 0.333. The highest BCUT2D eigenvalue weighted by Crippen LogP contribution is 2.22. The molecule has 0 unspecified atom stereocenters. The summed E-state index contributed by atoms with van der Waals surface area (Å²) >= 11 is 3.52. The van der Waals surface area contributed by atoms with Crippen molar-refractivity contribution >= 4 is 39.9 Å². The number of benzene rings is 1. The molecular formula is C18H21BrClN3O. The third kappa shape index (κ3) is 4.15. The molecule has 24 heavy (non-hydrogen) atoms. The fourth-order valence-electron chi connectivity index (χ4n) is 2.81. The van der Waals surface area contributed by atoms with Crippen LogP contribution in [0.25, 0.3) is 0 Å². The topological polar surface area (TPSA) is 45.2 Å². The lowest BCUT2D eigenvalue weighted by atomic mass is 10.1. The molecule has 2 aromatic rings. The van der Waals surface area contributed by atoms with Crippen molar-refractivity contribution in [2.24, 2.45) is 0 Å². The zero-order chi connectivity index (χ0) is 16.4. The van der Waals surface area contributed by atoms with E-state index in [1.54, 1.807) is 6.20 Å². The first-order chi connectivity index (χ1) is 11.1. The first kappa shape index (κ1) is 18.9. The van der Waals surface area contributed by atoms with Gasteiger partial charge in [0.25, 0.3) is 5.91 Å². The number of carbonyl (C=O) groups excluding carboxylic acids is 1. The normalized spacial score (nSPS) is 13.8. The molecule has 1 aromatic heterocycles. The Morgan fingerprint density at radius 1 is 1.38 bits per heavy atom. The largest absolute Gasteiger partial charge is 0.321 e. The first-order valence-corrected chi connectivity index (χ1v) is 8.62. The second kappa shape index (κ2) is 8.10. The minimum Gasteiger partial charge on any atom is -0.321 e. The molecule has 3 rings (SSSR count). The number of amides is 1. The van der Waals surface area contributed by atoms with Crippen molar-refractivity contribution in [3.8, 4) is 0 Å². The maximum atomic E-state index is 12.4. The van der Waals surface area contributed by atoms with E-state index in [9.17, 15) is 4.79 Å². The van der Waals surface area contributed by atoms with Crippen molar-refractivity contribution in [1.29, 1.82) is 0 Å². The van der Waals surface area contributed by atoms with Crippen molar-refractivity contribution in [2.75, 3.05) is 18.9 Å². The summed E-state index contributed by atoms with van der Waals surface area (Å²) in [5, 5.41) is 2.95. The Morgan fingerprint density at radius 2 is 2.17 bits per heavy atom. The zero-order valence-electron chi connectivity index (χ0n) is 13.8. The Balaban J connectivity index is 0.00000208. The van der Waals surface area contributed by atoms with E-state index >= 15 is 0 Å². The highest BCUT2D eigenvalue weighted by molar-refractivity contribution is 9.10. The lowest BCUT2D eigenvalue weighted by Crippen LogP contribution is -2.27. The van der Waals surface area contributed by atoms with Crippen molar-refractivity contribution < 1.29 is 4.79 Å². The van der Waals surface area contributed by atoms with E-state index in [0.717, 1.165) is 41.8 Å². The van der Waals surface area contributed by atoms with Crippen LogP contribution in [0.3, 0.4) is 0 Å². The molecule has 6 heteroatoms. The van der Waals surface area contributed by atoms with Crippen LogP contribution in [0.15, 0.2) is 34.9 Å². The molecule has 1 aliphatic heterocycles. The highest BCUT2D eigenvalue weighted by Gasteiger charge is 2.16. The van der Waals surface area contributed by atoms with Crippen molar-refractivity contribution in [2.45, 2.75) is 26.3 Å². The maximum absolute atomic E-state index is 12.4. The molecule has 0 bridgehead atoms. The smallest absolute Gasteiger partial charge is 0.255 e. The van der Waals surface area contributed by atoms with E-state index in [1.807, 2.05) is 24.3 Å². The second-order valence-corrected chi connectivity index (χ2v) is 6.79. The molecule has 1 N–H and O–H groups in total. The lowest BCUT2D eigenvalue weighted by Gasteiger charge is -2.24. The molecule has 0 saturated carbocycles. The second-order valence-electron chi connectivity index (χ2n) is 5.93. The molecule has 0 saturated heterocycles. The molecule has 2 heterocycles. The van der Waals surface area contributed by atoms with Crippen molar-refractivity contribution in [3.05, 3.63) is 57.3 Å². The molecule has 0 spiro atoms. The number of fused-ring (bicyclic) bond motifs is 1. The van der Waals surface area contributed by atoms with Gasteiger partial charge in [0.05, 0.1) is 11.9 Å². The number of aromatic nitrogens is 1.